The molecule has 0 spiro atoms. The lowest BCUT2D eigenvalue weighted by molar-refractivity contribution is -0.113. The fourth-order valence-electron chi connectivity index (χ4n) is 1.09. The largest absolute Gasteiger partial charge is 0.493 e. The molecule has 17 heavy (non-hydrogen) atoms. The molecule has 0 aromatic carbocycles. The number of hydrogen-bond donors (Lipinski definition) is 0. The Balaban J connectivity index is -0.000000439. The number of ether oxygens (including phenoxy) is 1. The van der Waals surface area contributed by atoms with E-state index in [0.717, 1.165) is 6.42 Å². The highest BCUT2D eigenvalue weighted by atomic mass is 16.5. The van der Waals surface area contributed by atoms with Crippen LogP contribution in [0.4, 0.5) is 0 Å². The lowest BCUT2D eigenvalue weighted by Gasteiger charge is -2.09. The molecule has 0 aromatic rings. The van der Waals surface area contributed by atoms with Crippen LogP contribution in [-0.4, -0.2) is 12.4 Å². The predicted octanol–water partition coefficient (Wildman–Crippen LogP) is 4.68. The Morgan fingerprint density at radius 1 is 1.24 bits per heavy atom. The molecule has 0 atom stereocenters. The van der Waals surface area contributed by atoms with Crippen LogP contribution in [-0.2, 0) is 9.53 Å². The summed E-state index contributed by atoms with van der Waals surface area (Å²) >= 11 is 0. The Hall–Kier alpha value is -1.31. The van der Waals surface area contributed by atoms with E-state index in [1.54, 1.807) is 6.92 Å². The molecular formula is C15H28O2. The molecule has 0 fully saturated rings. The third-order valence-electron chi connectivity index (χ3n) is 1.62. The first kappa shape index (κ1) is 21.0. The van der Waals surface area contributed by atoms with E-state index < -0.39 is 0 Å². The molecule has 0 aromatic heterocycles. The topological polar surface area (TPSA) is 26.3 Å². The Kier molecular flexibility index (Phi) is 21.1. The third kappa shape index (κ3) is 11.0. The van der Waals surface area contributed by atoms with Crippen molar-refractivity contribution in [2.45, 2.75) is 48.0 Å². The Morgan fingerprint density at radius 3 is 1.94 bits per heavy atom. The molecule has 0 heterocycles. The molecule has 0 radical (unpaired) electrons. The number of Topliss-reactive ketones (excluding diaryl/α,β-unsaturated/α-hetero) is 1. The molecule has 0 saturated carbocycles. The first-order valence-electron chi connectivity index (χ1n) is 6.17. The quantitative estimate of drug-likeness (QED) is 0.302. The van der Waals surface area contributed by atoms with Gasteiger partial charge in [0.05, 0.1) is 12.2 Å². The van der Waals surface area contributed by atoms with Gasteiger partial charge in [0.25, 0.3) is 0 Å². The zero-order valence-electron chi connectivity index (χ0n) is 12.3. The summed E-state index contributed by atoms with van der Waals surface area (Å²) < 4.78 is 5.34. The van der Waals surface area contributed by atoms with Gasteiger partial charge in [-0.15, -0.1) is 13.2 Å². The number of ketones is 1. The van der Waals surface area contributed by atoms with E-state index >= 15 is 0 Å². The molecule has 0 N–H and O–H groups in total. The fraction of sp³-hybridized carbons (Fsp3) is 0.533. The molecule has 0 aliphatic heterocycles. The molecule has 0 aliphatic carbocycles. The molecule has 0 saturated heterocycles. The van der Waals surface area contributed by atoms with Crippen LogP contribution in [0.2, 0.25) is 0 Å². The average molecular weight is 240 g/mol. The summed E-state index contributed by atoms with van der Waals surface area (Å²) in [6.07, 6.45) is 4.57. The Labute approximate surface area is 107 Å². The fourth-order valence-corrected chi connectivity index (χ4v) is 1.09. The van der Waals surface area contributed by atoms with Gasteiger partial charge in [0.2, 0.25) is 0 Å². The SMILES string of the molecule is C/C=C(OCC)\C(=C/CC)C(C)=O.C=C.CC. The van der Waals surface area contributed by atoms with E-state index in [-0.39, 0.29) is 5.78 Å². The van der Waals surface area contributed by atoms with Crippen molar-refractivity contribution >= 4 is 5.78 Å². The molecule has 0 unspecified atom stereocenters. The predicted molar refractivity (Wildman–Crippen MR) is 77.0 cm³/mol. The summed E-state index contributed by atoms with van der Waals surface area (Å²) in [5, 5.41) is 0. The summed E-state index contributed by atoms with van der Waals surface area (Å²) in [6.45, 7) is 17.9. The van der Waals surface area contributed by atoms with Crippen LogP contribution in [0.5, 0.6) is 0 Å². The monoisotopic (exact) mass is 240 g/mol. The maximum atomic E-state index is 11.2. The molecule has 2 heteroatoms. The minimum atomic E-state index is 0.0587. The molecule has 0 rings (SSSR count). The van der Waals surface area contributed by atoms with Crippen molar-refractivity contribution in [1.29, 1.82) is 0 Å². The van der Waals surface area contributed by atoms with E-state index in [9.17, 15) is 4.79 Å². The lowest BCUT2D eigenvalue weighted by atomic mass is 10.1. The first-order chi connectivity index (χ1) is 8.17. The van der Waals surface area contributed by atoms with Gasteiger partial charge in [0, 0.05) is 0 Å². The van der Waals surface area contributed by atoms with E-state index in [1.165, 1.54) is 0 Å². The maximum absolute atomic E-state index is 11.2. The maximum Gasteiger partial charge on any atom is 0.163 e. The van der Waals surface area contributed by atoms with E-state index in [1.807, 2.05) is 46.8 Å². The van der Waals surface area contributed by atoms with Crippen molar-refractivity contribution in [2.24, 2.45) is 0 Å². The van der Waals surface area contributed by atoms with Crippen LogP contribution in [0.3, 0.4) is 0 Å². The summed E-state index contributed by atoms with van der Waals surface area (Å²) in [7, 11) is 0. The molecular weight excluding hydrogens is 212 g/mol. The summed E-state index contributed by atoms with van der Waals surface area (Å²) in [5.41, 5.74) is 0.687. The molecule has 100 valence electrons. The van der Waals surface area contributed by atoms with Crippen LogP contribution in [0.25, 0.3) is 0 Å². The highest BCUT2D eigenvalue weighted by Gasteiger charge is 2.09. The van der Waals surface area contributed by atoms with Crippen molar-refractivity contribution in [2.75, 3.05) is 6.61 Å². The van der Waals surface area contributed by atoms with Crippen LogP contribution in [0.15, 0.2) is 36.6 Å². The molecule has 0 aliphatic rings. The van der Waals surface area contributed by atoms with Gasteiger partial charge >= 0.3 is 0 Å². The highest BCUT2D eigenvalue weighted by molar-refractivity contribution is 5.97. The van der Waals surface area contributed by atoms with Gasteiger partial charge in [0.15, 0.2) is 5.78 Å². The third-order valence-corrected chi connectivity index (χ3v) is 1.62. The van der Waals surface area contributed by atoms with E-state index in [0.29, 0.717) is 17.9 Å². The number of carbonyl (C=O) groups is 1. The molecule has 0 bridgehead atoms. The van der Waals surface area contributed by atoms with Gasteiger partial charge in [0.1, 0.15) is 5.76 Å². The van der Waals surface area contributed by atoms with E-state index in [2.05, 4.69) is 13.2 Å². The van der Waals surface area contributed by atoms with Crippen LogP contribution in [0.1, 0.15) is 48.0 Å². The van der Waals surface area contributed by atoms with Gasteiger partial charge in [-0.25, -0.2) is 0 Å². The van der Waals surface area contributed by atoms with Gasteiger partial charge in [-0.1, -0.05) is 26.8 Å². The number of carbonyl (C=O) groups excluding carboxylic acids is 1. The zero-order valence-corrected chi connectivity index (χ0v) is 12.3. The standard InChI is InChI=1S/C11H18O2.C2H6.C2H4/c1-5-8-10(9(4)12)11(6-2)13-7-3;2*1-2/h6,8H,5,7H2,1-4H3;1-2H3;1-2H2/b10-8-,11-6+;;. The van der Waals surface area contributed by atoms with Gasteiger partial charge in [-0.2, -0.15) is 0 Å². The van der Waals surface area contributed by atoms with Crippen molar-refractivity contribution < 1.29 is 9.53 Å². The van der Waals surface area contributed by atoms with Crippen molar-refractivity contribution in [3.05, 3.63) is 36.6 Å². The average Bonchev–Trinajstić information content (AvgIpc) is 2.38. The minimum Gasteiger partial charge on any atom is -0.493 e. The van der Waals surface area contributed by atoms with E-state index in [4.69, 9.17) is 4.74 Å². The van der Waals surface area contributed by atoms with Crippen LogP contribution in [0, 0.1) is 0 Å². The summed E-state index contributed by atoms with van der Waals surface area (Å²) in [4.78, 5) is 11.2. The van der Waals surface area contributed by atoms with Crippen LogP contribution < -0.4 is 0 Å². The summed E-state index contributed by atoms with van der Waals surface area (Å²) in [6, 6.07) is 0. The summed E-state index contributed by atoms with van der Waals surface area (Å²) in [5.74, 6) is 0.750. The Bertz CT molecular complexity index is 237. The van der Waals surface area contributed by atoms with Crippen molar-refractivity contribution in [3.63, 3.8) is 0 Å². The van der Waals surface area contributed by atoms with Gasteiger partial charge in [-0.3, -0.25) is 4.79 Å². The number of rotatable bonds is 5. The highest BCUT2D eigenvalue weighted by Crippen LogP contribution is 2.13. The minimum absolute atomic E-state index is 0.0587. The number of hydrogen-bond acceptors (Lipinski definition) is 2. The second-order valence-corrected chi connectivity index (χ2v) is 2.67. The smallest absolute Gasteiger partial charge is 0.163 e. The van der Waals surface area contributed by atoms with Gasteiger partial charge < -0.3 is 4.74 Å². The van der Waals surface area contributed by atoms with Gasteiger partial charge in [-0.05, 0) is 33.3 Å². The second kappa shape index (κ2) is 17.1. The molecule has 2 nitrogen and oxygen atoms in total. The normalized spacial score (nSPS) is 10.5. The lowest BCUT2D eigenvalue weighted by Crippen LogP contribution is -2.03. The van der Waals surface area contributed by atoms with Crippen molar-refractivity contribution in [3.8, 4) is 0 Å². The van der Waals surface area contributed by atoms with Crippen LogP contribution >= 0.6 is 0 Å². The zero-order chi connectivity index (χ0) is 14.3. The second-order valence-electron chi connectivity index (χ2n) is 2.67. The molecule has 0 amide bonds. The first-order valence-corrected chi connectivity index (χ1v) is 6.17. The number of allylic oxidation sites excluding steroid dienone is 3. The van der Waals surface area contributed by atoms with Crippen molar-refractivity contribution in [1.82, 2.24) is 0 Å². The Morgan fingerprint density at radius 2 is 1.71 bits per heavy atom.